The topological polar surface area (TPSA) is 87.4 Å². The molecule has 3 aromatic carbocycles. The van der Waals surface area contributed by atoms with Crippen LogP contribution in [0.5, 0.6) is 23.0 Å². The Morgan fingerprint density at radius 3 is 2.10 bits per heavy atom. The van der Waals surface area contributed by atoms with E-state index in [9.17, 15) is 9.59 Å². The predicted molar refractivity (Wildman–Crippen MR) is 148 cm³/mol. The lowest BCUT2D eigenvalue weighted by Crippen LogP contribution is -2.31. The molecule has 202 valence electrons. The molecule has 0 N–H and O–H groups in total. The molecular formula is C31H31NO7. The van der Waals surface area contributed by atoms with E-state index >= 15 is 0 Å². The molecule has 0 bridgehead atoms. The van der Waals surface area contributed by atoms with Crippen molar-refractivity contribution in [1.82, 2.24) is 4.90 Å². The molecule has 0 spiro atoms. The summed E-state index contributed by atoms with van der Waals surface area (Å²) in [5.74, 6) is 2.04. The summed E-state index contributed by atoms with van der Waals surface area (Å²) in [6.07, 6.45) is 0.524. The minimum absolute atomic E-state index is 0.0737. The van der Waals surface area contributed by atoms with Gasteiger partial charge in [-0.15, -0.1) is 0 Å². The van der Waals surface area contributed by atoms with Gasteiger partial charge in [-0.2, -0.15) is 0 Å². The van der Waals surface area contributed by atoms with Crippen LogP contribution < -0.4 is 24.4 Å². The zero-order valence-corrected chi connectivity index (χ0v) is 22.9. The summed E-state index contributed by atoms with van der Waals surface area (Å²) in [6, 6.07) is 14.2. The molecule has 5 rings (SSSR count). The van der Waals surface area contributed by atoms with Gasteiger partial charge in [-0.25, -0.2) is 0 Å². The molecule has 1 aliphatic heterocycles. The van der Waals surface area contributed by atoms with Gasteiger partial charge in [0.15, 0.2) is 28.4 Å². The summed E-state index contributed by atoms with van der Waals surface area (Å²) in [7, 11) is 6.29. The largest absolute Gasteiger partial charge is 0.493 e. The van der Waals surface area contributed by atoms with Gasteiger partial charge in [0.1, 0.15) is 5.58 Å². The lowest BCUT2D eigenvalue weighted by atomic mass is 9.96. The summed E-state index contributed by atoms with van der Waals surface area (Å²) in [5, 5.41) is 0.486. The van der Waals surface area contributed by atoms with Crippen molar-refractivity contribution in [1.29, 1.82) is 0 Å². The van der Waals surface area contributed by atoms with Gasteiger partial charge in [0.2, 0.25) is 5.76 Å². The summed E-state index contributed by atoms with van der Waals surface area (Å²) in [6.45, 7) is 4.16. The molecule has 0 fully saturated rings. The van der Waals surface area contributed by atoms with Crippen molar-refractivity contribution in [2.75, 3.05) is 35.0 Å². The van der Waals surface area contributed by atoms with E-state index in [0.717, 1.165) is 22.3 Å². The fraction of sp³-hybridized carbons (Fsp3) is 0.290. The first-order chi connectivity index (χ1) is 18.8. The van der Waals surface area contributed by atoms with Crippen LogP contribution in [0.1, 0.15) is 44.4 Å². The second-order valence-electron chi connectivity index (χ2n) is 9.58. The Morgan fingerprint density at radius 2 is 1.44 bits per heavy atom. The molecule has 0 aliphatic carbocycles. The Morgan fingerprint density at radius 1 is 0.795 bits per heavy atom. The van der Waals surface area contributed by atoms with E-state index in [1.165, 1.54) is 0 Å². The molecule has 8 heteroatoms. The number of nitrogens with zero attached hydrogens (tertiary/aromatic N) is 1. The van der Waals surface area contributed by atoms with Crippen LogP contribution in [0.2, 0.25) is 0 Å². The number of benzene rings is 3. The highest BCUT2D eigenvalue weighted by molar-refractivity contribution is 5.99. The summed E-state index contributed by atoms with van der Waals surface area (Å²) in [4.78, 5) is 29.6. The first-order valence-corrected chi connectivity index (χ1v) is 12.6. The Hall–Kier alpha value is -4.46. The van der Waals surface area contributed by atoms with E-state index in [2.05, 4.69) is 0 Å². The number of methoxy groups -OCH3 is 4. The van der Waals surface area contributed by atoms with Gasteiger partial charge in [0.05, 0.1) is 45.4 Å². The Kier molecular flexibility index (Phi) is 6.95. The lowest BCUT2D eigenvalue weighted by Gasteiger charge is -2.26. The van der Waals surface area contributed by atoms with Crippen molar-refractivity contribution in [3.05, 3.63) is 92.3 Å². The van der Waals surface area contributed by atoms with E-state index in [1.807, 2.05) is 44.2 Å². The van der Waals surface area contributed by atoms with Gasteiger partial charge in [-0.1, -0.05) is 18.2 Å². The number of carbonyl (C=O) groups excluding carboxylic acids is 1. The zero-order valence-electron chi connectivity index (χ0n) is 22.9. The molecule has 1 aromatic heterocycles. The monoisotopic (exact) mass is 529 g/mol. The zero-order chi connectivity index (χ0) is 27.8. The van der Waals surface area contributed by atoms with Crippen LogP contribution in [0, 0.1) is 13.8 Å². The highest BCUT2D eigenvalue weighted by atomic mass is 16.5. The number of rotatable bonds is 8. The van der Waals surface area contributed by atoms with Crippen molar-refractivity contribution < 1.29 is 28.2 Å². The van der Waals surface area contributed by atoms with Crippen LogP contribution in [0.3, 0.4) is 0 Å². The summed E-state index contributed by atoms with van der Waals surface area (Å²) >= 11 is 0. The average Bonchev–Trinajstić information content (AvgIpc) is 3.22. The molecule has 2 heterocycles. The minimum Gasteiger partial charge on any atom is -0.493 e. The van der Waals surface area contributed by atoms with Crippen LogP contribution in [0.15, 0.2) is 57.7 Å². The third kappa shape index (κ3) is 4.46. The summed E-state index contributed by atoms with van der Waals surface area (Å²) < 4.78 is 27.9. The van der Waals surface area contributed by atoms with Crippen LogP contribution in [0.25, 0.3) is 11.0 Å². The molecular weight excluding hydrogens is 498 g/mol. The van der Waals surface area contributed by atoms with Gasteiger partial charge in [-0.3, -0.25) is 9.59 Å². The summed E-state index contributed by atoms with van der Waals surface area (Å²) in [5.41, 5.74) is 3.99. The van der Waals surface area contributed by atoms with E-state index in [0.29, 0.717) is 52.5 Å². The van der Waals surface area contributed by atoms with E-state index in [-0.39, 0.29) is 17.1 Å². The van der Waals surface area contributed by atoms with Gasteiger partial charge < -0.3 is 28.3 Å². The van der Waals surface area contributed by atoms with Crippen LogP contribution in [-0.4, -0.2) is 45.8 Å². The maximum Gasteiger partial charge on any atom is 0.290 e. The first-order valence-electron chi connectivity index (χ1n) is 12.6. The maximum absolute atomic E-state index is 14.0. The third-order valence-corrected chi connectivity index (χ3v) is 7.22. The van der Waals surface area contributed by atoms with Crippen molar-refractivity contribution >= 4 is 16.9 Å². The number of amides is 1. The molecule has 4 aromatic rings. The standard InChI is InChI=1S/C31H31NO7/c1-17-13-18(2)26-25(14-17)39-30-27(29(26)33)28(20-8-10-22(36-4)24(16-20)38-6)32(31(30)34)12-11-19-7-9-21(35-3)23(15-19)37-5/h7-10,13-16,28H,11-12H2,1-6H3. The van der Waals surface area contributed by atoms with Crippen molar-refractivity contribution in [3.63, 3.8) is 0 Å². The Bertz CT molecular complexity index is 1640. The number of carbonyl (C=O) groups is 1. The molecule has 0 saturated heterocycles. The highest BCUT2D eigenvalue weighted by Gasteiger charge is 2.43. The van der Waals surface area contributed by atoms with E-state index in [1.54, 1.807) is 51.5 Å². The molecule has 1 atom stereocenters. The number of hydrogen-bond acceptors (Lipinski definition) is 7. The van der Waals surface area contributed by atoms with Crippen molar-refractivity contribution in [2.24, 2.45) is 0 Å². The molecule has 0 saturated carbocycles. The molecule has 0 radical (unpaired) electrons. The minimum atomic E-state index is -0.659. The smallest absolute Gasteiger partial charge is 0.290 e. The molecule has 1 aliphatic rings. The van der Waals surface area contributed by atoms with Gasteiger partial charge >= 0.3 is 0 Å². The quantitative estimate of drug-likeness (QED) is 0.309. The molecule has 8 nitrogen and oxygen atoms in total. The first kappa shape index (κ1) is 26.2. The third-order valence-electron chi connectivity index (χ3n) is 7.22. The van der Waals surface area contributed by atoms with Crippen LogP contribution >= 0.6 is 0 Å². The van der Waals surface area contributed by atoms with E-state index < -0.39 is 6.04 Å². The second-order valence-corrected chi connectivity index (χ2v) is 9.58. The van der Waals surface area contributed by atoms with Gasteiger partial charge in [0.25, 0.3) is 5.91 Å². The second kappa shape index (κ2) is 10.4. The number of aryl methyl sites for hydroxylation is 2. The number of ether oxygens (including phenoxy) is 4. The predicted octanol–water partition coefficient (Wildman–Crippen LogP) is 5.23. The van der Waals surface area contributed by atoms with Crippen molar-refractivity contribution in [2.45, 2.75) is 26.3 Å². The van der Waals surface area contributed by atoms with E-state index in [4.69, 9.17) is 23.4 Å². The van der Waals surface area contributed by atoms with Gasteiger partial charge in [-0.05, 0) is 72.9 Å². The highest BCUT2D eigenvalue weighted by Crippen LogP contribution is 2.41. The molecule has 1 unspecified atom stereocenters. The fourth-order valence-corrected chi connectivity index (χ4v) is 5.40. The van der Waals surface area contributed by atoms with Crippen LogP contribution in [-0.2, 0) is 6.42 Å². The average molecular weight is 530 g/mol. The Balaban J connectivity index is 1.64. The Labute approximate surface area is 226 Å². The molecule has 1 amide bonds. The normalized spacial score (nSPS) is 14.5. The SMILES string of the molecule is COc1ccc(CCN2C(=O)c3oc4cc(C)cc(C)c4c(=O)c3C2c2ccc(OC)c(OC)c2)cc1OC. The lowest BCUT2D eigenvalue weighted by molar-refractivity contribution is 0.0730. The molecule has 39 heavy (non-hydrogen) atoms. The van der Waals surface area contributed by atoms with Gasteiger partial charge in [0, 0.05) is 6.54 Å². The number of hydrogen-bond donors (Lipinski definition) is 0. The van der Waals surface area contributed by atoms with Crippen LogP contribution in [0.4, 0.5) is 0 Å². The maximum atomic E-state index is 14.0. The van der Waals surface area contributed by atoms with Crippen molar-refractivity contribution in [3.8, 4) is 23.0 Å². The fourth-order valence-electron chi connectivity index (χ4n) is 5.40. The number of fused-ring (bicyclic) bond motifs is 2.